The van der Waals surface area contributed by atoms with E-state index in [9.17, 15) is 0 Å². The zero-order valence-corrected chi connectivity index (χ0v) is 8.10. The van der Waals surface area contributed by atoms with Crippen LogP contribution in [0.4, 0.5) is 0 Å². The summed E-state index contributed by atoms with van der Waals surface area (Å²) in [4.78, 5) is 0. The van der Waals surface area contributed by atoms with Crippen molar-refractivity contribution in [3.8, 4) is 0 Å². The summed E-state index contributed by atoms with van der Waals surface area (Å²) < 4.78 is 5.57. The molecular formula is C9H18BNO. The Kier molecular flexibility index (Phi) is 8.25. The molecule has 0 saturated heterocycles. The van der Waals surface area contributed by atoms with Gasteiger partial charge in [0, 0.05) is 13.1 Å². The lowest BCUT2D eigenvalue weighted by Gasteiger charge is -2.14. The van der Waals surface area contributed by atoms with Gasteiger partial charge < -0.3 is 10.1 Å². The number of ether oxygens (including phenoxy) is 1. The normalized spacial score (nSPS) is 11.8. The summed E-state index contributed by atoms with van der Waals surface area (Å²) in [5, 5.41) is 3.10. The smallest absolute Gasteiger partial charge is 0.189 e. The molecule has 0 spiro atoms. The van der Waals surface area contributed by atoms with E-state index in [1.54, 1.807) is 0 Å². The van der Waals surface area contributed by atoms with E-state index >= 15 is 0 Å². The van der Waals surface area contributed by atoms with E-state index in [1.165, 1.54) is 0 Å². The topological polar surface area (TPSA) is 21.3 Å². The molecule has 0 aromatic heterocycles. The van der Waals surface area contributed by atoms with Crippen molar-refractivity contribution in [2.24, 2.45) is 0 Å². The second-order valence-electron chi connectivity index (χ2n) is 2.66. The zero-order valence-electron chi connectivity index (χ0n) is 8.10. The largest absolute Gasteiger partial charge is 0.385 e. The summed E-state index contributed by atoms with van der Waals surface area (Å²) in [7, 11) is 2.85. The Bertz CT molecular complexity index is 143. The van der Waals surface area contributed by atoms with Gasteiger partial charge in [-0.3, -0.25) is 0 Å². The first-order valence-electron chi connectivity index (χ1n) is 4.45. The molecule has 0 aliphatic heterocycles. The molecule has 0 saturated carbocycles. The van der Waals surface area contributed by atoms with Crippen molar-refractivity contribution in [3.05, 3.63) is 18.3 Å². The number of hydrogen-bond donors (Lipinski definition) is 1. The lowest BCUT2D eigenvalue weighted by molar-refractivity contribution is 0.0842. The Morgan fingerprint density at radius 2 is 2.50 bits per heavy atom. The average Bonchev–Trinajstić information content (AvgIpc) is 2.10. The number of likely N-dealkylation sites (N-methyl/N-ethyl adjacent to an activating group) is 1. The van der Waals surface area contributed by atoms with Crippen molar-refractivity contribution in [2.75, 3.05) is 20.1 Å². The SMILES string of the molecule is C=C=CBCOC(CC)CNC. The lowest BCUT2D eigenvalue weighted by Crippen LogP contribution is -2.27. The van der Waals surface area contributed by atoms with Crippen LogP contribution in [0, 0.1) is 0 Å². The van der Waals surface area contributed by atoms with Crippen LogP contribution in [0.3, 0.4) is 0 Å². The Morgan fingerprint density at radius 1 is 1.75 bits per heavy atom. The maximum Gasteiger partial charge on any atom is 0.189 e. The predicted octanol–water partition coefficient (Wildman–Crippen LogP) is 0.694. The van der Waals surface area contributed by atoms with Gasteiger partial charge in [-0.2, -0.15) is 0 Å². The third kappa shape index (κ3) is 6.23. The van der Waals surface area contributed by atoms with E-state index in [0.29, 0.717) is 6.10 Å². The van der Waals surface area contributed by atoms with Gasteiger partial charge in [-0.25, -0.2) is 0 Å². The van der Waals surface area contributed by atoms with E-state index in [0.717, 1.165) is 26.8 Å². The number of hydrogen-bond acceptors (Lipinski definition) is 2. The lowest BCUT2D eigenvalue weighted by atomic mass is 9.81. The molecule has 68 valence electrons. The van der Waals surface area contributed by atoms with Crippen LogP contribution >= 0.6 is 0 Å². The Balaban J connectivity index is 3.36. The quantitative estimate of drug-likeness (QED) is 0.342. The molecule has 2 nitrogen and oxygen atoms in total. The van der Waals surface area contributed by atoms with Crippen molar-refractivity contribution >= 4 is 7.28 Å². The first kappa shape index (κ1) is 11.5. The van der Waals surface area contributed by atoms with Crippen molar-refractivity contribution < 1.29 is 4.74 Å². The summed E-state index contributed by atoms with van der Waals surface area (Å²) >= 11 is 0. The van der Waals surface area contributed by atoms with Gasteiger partial charge in [-0.15, -0.1) is 5.73 Å². The standard InChI is InChI=1S/C9H18BNO/c1-4-6-10-8-12-9(5-2)7-11-3/h6,9-11H,1,5,7-8H2,2-3H3. The van der Waals surface area contributed by atoms with E-state index in [-0.39, 0.29) is 0 Å². The van der Waals surface area contributed by atoms with E-state index in [1.807, 2.05) is 13.0 Å². The van der Waals surface area contributed by atoms with Crippen LogP contribution in [0.15, 0.2) is 18.3 Å². The van der Waals surface area contributed by atoms with Crippen LogP contribution in [0.2, 0.25) is 0 Å². The Hall–Kier alpha value is -0.495. The summed E-state index contributed by atoms with van der Waals surface area (Å²) in [5.74, 6) is 1.89. The zero-order chi connectivity index (χ0) is 9.23. The van der Waals surface area contributed by atoms with Crippen molar-refractivity contribution in [1.82, 2.24) is 5.32 Å². The van der Waals surface area contributed by atoms with E-state index in [4.69, 9.17) is 4.74 Å². The molecule has 0 heterocycles. The van der Waals surface area contributed by atoms with Crippen molar-refractivity contribution in [3.63, 3.8) is 0 Å². The van der Waals surface area contributed by atoms with E-state index in [2.05, 4.69) is 24.6 Å². The summed E-state index contributed by atoms with van der Waals surface area (Å²) in [5.41, 5.74) is 2.72. The van der Waals surface area contributed by atoms with Gasteiger partial charge >= 0.3 is 0 Å². The minimum absolute atomic E-state index is 0.341. The molecule has 1 unspecified atom stereocenters. The second-order valence-corrected chi connectivity index (χ2v) is 2.66. The minimum Gasteiger partial charge on any atom is -0.385 e. The first-order valence-corrected chi connectivity index (χ1v) is 4.45. The maximum atomic E-state index is 5.57. The maximum absolute atomic E-state index is 5.57. The Morgan fingerprint density at radius 3 is 3.00 bits per heavy atom. The monoisotopic (exact) mass is 167 g/mol. The van der Waals surface area contributed by atoms with Crippen LogP contribution in [-0.2, 0) is 4.74 Å². The molecule has 1 atom stereocenters. The Labute approximate surface area is 75.9 Å². The molecule has 0 aliphatic carbocycles. The first-order chi connectivity index (χ1) is 5.85. The van der Waals surface area contributed by atoms with Gasteiger partial charge in [0.15, 0.2) is 7.28 Å². The van der Waals surface area contributed by atoms with Crippen LogP contribution in [-0.4, -0.2) is 33.5 Å². The fraction of sp³-hybridized carbons (Fsp3) is 0.667. The molecule has 0 aliphatic rings. The summed E-state index contributed by atoms with van der Waals surface area (Å²) in [6.45, 7) is 7.31. The van der Waals surface area contributed by atoms with Gasteiger partial charge in [0.1, 0.15) is 0 Å². The van der Waals surface area contributed by atoms with Gasteiger partial charge in [-0.1, -0.05) is 19.5 Å². The van der Waals surface area contributed by atoms with Crippen LogP contribution in [0.1, 0.15) is 13.3 Å². The van der Waals surface area contributed by atoms with Crippen LogP contribution < -0.4 is 5.32 Å². The fourth-order valence-corrected chi connectivity index (χ4v) is 0.944. The van der Waals surface area contributed by atoms with Gasteiger partial charge in [0.25, 0.3) is 0 Å². The highest BCUT2D eigenvalue weighted by atomic mass is 16.5. The molecule has 0 aromatic carbocycles. The highest BCUT2D eigenvalue weighted by Crippen LogP contribution is 1.94. The second kappa shape index (κ2) is 8.60. The highest BCUT2D eigenvalue weighted by molar-refractivity contribution is 6.41. The highest BCUT2D eigenvalue weighted by Gasteiger charge is 2.03. The molecule has 0 rings (SSSR count). The molecule has 12 heavy (non-hydrogen) atoms. The molecule has 0 fully saturated rings. The molecule has 0 bridgehead atoms. The van der Waals surface area contributed by atoms with Gasteiger partial charge in [0.2, 0.25) is 0 Å². The molecule has 1 N–H and O–H groups in total. The number of nitrogens with one attached hydrogen (secondary N) is 1. The number of rotatable bonds is 7. The summed E-state index contributed by atoms with van der Waals surface area (Å²) in [6.07, 6.45) is 1.40. The third-order valence-electron chi connectivity index (χ3n) is 1.65. The molecule has 0 amide bonds. The third-order valence-corrected chi connectivity index (χ3v) is 1.65. The minimum atomic E-state index is 0.341. The molecule has 0 radical (unpaired) electrons. The predicted molar refractivity (Wildman–Crippen MR) is 54.8 cm³/mol. The average molecular weight is 167 g/mol. The molecule has 0 aromatic rings. The van der Waals surface area contributed by atoms with Crippen LogP contribution in [0.25, 0.3) is 0 Å². The van der Waals surface area contributed by atoms with Crippen molar-refractivity contribution in [2.45, 2.75) is 19.4 Å². The summed E-state index contributed by atoms with van der Waals surface area (Å²) in [6, 6.07) is 0. The van der Waals surface area contributed by atoms with Gasteiger partial charge in [0.05, 0.1) is 6.10 Å². The molecule has 3 heteroatoms. The van der Waals surface area contributed by atoms with E-state index < -0.39 is 0 Å². The fourth-order valence-electron chi connectivity index (χ4n) is 0.944. The van der Waals surface area contributed by atoms with Crippen LogP contribution in [0.5, 0.6) is 0 Å². The van der Waals surface area contributed by atoms with Gasteiger partial charge in [-0.05, 0) is 13.5 Å². The van der Waals surface area contributed by atoms with Crippen molar-refractivity contribution in [1.29, 1.82) is 0 Å². The molecular weight excluding hydrogens is 149 g/mol.